The van der Waals surface area contributed by atoms with Crippen LogP contribution in [-0.2, 0) is 9.47 Å². The van der Waals surface area contributed by atoms with Crippen LogP contribution in [0.3, 0.4) is 0 Å². The van der Waals surface area contributed by atoms with Gasteiger partial charge in [-0.2, -0.15) is 0 Å². The zero-order valence-corrected chi connectivity index (χ0v) is 22.0. The molecule has 0 spiro atoms. The van der Waals surface area contributed by atoms with Gasteiger partial charge in [0.1, 0.15) is 11.2 Å². The van der Waals surface area contributed by atoms with E-state index in [9.17, 15) is 9.59 Å². The maximum atomic E-state index is 13.2. The summed E-state index contributed by atoms with van der Waals surface area (Å²) < 4.78 is 12.0. The first-order valence-electron chi connectivity index (χ1n) is 11.9. The van der Waals surface area contributed by atoms with Gasteiger partial charge in [-0.1, -0.05) is 13.8 Å². The van der Waals surface area contributed by atoms with Crippen LogP contribution in [0.25, 0.3) is 0 Å². The lowest BCUT2D eigenvalue weighted by Crippen LogP contribution is -2.40. The third-order valence-electron chi connectivity index (χ3n) is 6.56. The summed E-state index contributed by atoms with van der Waals surface area (Å²) in [6.07, 6.45) is 1.68. The summed E-state index contributed by atoms with van der Waals surface area (Å²) >= 11 is 0. The summed E-state index contributed by atoms with van der Waals surface area (Å²) in [4.78, 5) is 29.9. The monoisotopic (exact) mass is 468 g/mol. The Hall–Kier alpha value is -2.86. The van der Waals surface area contributed by atoms with E-state index in [1.165, 1.54) is 0 Å². The van der Waals surface area contributed by atoms with Gasteiger partial charge in [0.2, 0.25) is 0 Å². The molecule has 0 fully saturated rings. The van der Waals surface area contributed by atoms with Gasteiger partial charge in [0.15, 0.2) is 5.78 Å². The lowest BCUT2D eigenvalue weighted by atomic mass is 9.91. The number of Topliss-reactive ketones (excluding diaryl/α,β-unsaturated/α-hetero) is 1. The third-order valence-corrected chi connectivity index (χ3v) is 6.56. The predicted molar refractivity (Wildman–Crippen MR) is 139 cm³/mol. The predicted octanol–water partition coefficient (Wildman–Crippen LogP) is 5.60. The van der Waals surface area contributed by atoms with Gasteiger partial charge in [0, 0.05) is 51.5 Å². The van der Waals surface area contributed by atoms with Crippen molar-refractivity contribution in [3.63, 3.8) is 0 Å². The van der Waals surface area contributed by atoms with Crippen molar-refractivity contribution < 1.29 is 19.1 Å². The number of ether oxygens (including phenoxy) is 2. The van der Waals surface area contributed by atoms with Crippen molar-refractivity contribution in [2.45, 2.75) is 58.2 Å². The zero-order valence-electron chi connectivity index (χ0n) is 22.0. The van der Waals surface area contributed by atoms with E-state index >= 15 is 0 Å². The van der Waals surface area contributed by atoms with Gasteiger partial charge < -0.3 is 19.3 Å². The highest BCUT2D eigenvalue weighted by Gasteiger charge is 2.35. The Labute approximate surface area is 204 Å². The average molecular weight is 469 g/mol. The number of carbonyl (C=O) groups is 2. The molecule has 186 valence electrons. The van der Waals surface area contributed by atoms with Crippen LogP contribution in [0.5, 0.6) is 0 Å². The Bertz CT molecular complexity index is 953. The summed E-state index contributed by atoms with van der Waals surface area (Å²) in [7, 11) is 7.84. The Morgan fingerprint density at radius 3 is 1.65 bits per heavy atom. The molecular weight excluding hydrogens is 428 g/mol. The normalized spacial score (nSPS) is 14.6. The van der Waals surface area contributed by atoms with Crippen LogP contribution in [-0.4, -0.2) is 57.8 Å². The third kappa shape index (κ3) is 6.83. The number of rotatable bonds is 12. The van der Waals surface area contributed by atoms with Crippen molar-refractivity contribution >= 4 is 23.1 Å². The second-order valence-corrected chi connectivity index (χ2v) is 9.59. The maximum absolute atomic E-state index is 13.2. The Morgan fingerprint density at radius 1 is 0.765 bits per heavy atom. The summed E-state index contributed by atoms with van der Waals surface area (Å²) in [5.74, 6) is -0.401. The number of ketones is 1. The van der Waals surface area contributed by atoms with Crippen LogP contribution in [0.1, 0.15) is 67.7 Å². The maximum Gasteiger partial charge on any atom is 0.338 e. The van der Waals surface area contributed by atoms with Crippen molar-refractivity contribution in [3.8, 4) is 0 Å². The molecule has 34 heavy (non-hydrogen) atoms. The Morgan fingerprint density at radius 2 is 1.24 bits per heavy atom. The summed E-state index contributed by atoms with van der Waals surface area (Å²) in [6.45, 7) is 7.98. The number of hydrogen-bond donors (Lipinski definition) is 0. The van der Waals surface area contributed by atoms with Crippen molar-refractivity contribution in [2.75, 3.05) is 44.6 Å². The molecule has 2 atom stereocenters. The average Bonchev–Trinajstić information content (AvgIpc) is 2.83. The number of nitrogens with zero attached hydrogens (tertiary/aromatic N) is 2. The highest BCUT2D eigenvalue weighted by molar-refractivity contribution is 6.02. The summed E-state index contributed by atoms with van der Waals surface area (Å²) in [5, 5.41) is 0. The van der Waals surface area contributed by atoms with E-state index in [1.807, 2.05) is 102 Å². The minimum absolute atomic E-state index is 0.0449. The van der Waals surface area contributed by atoms with Gasteiger partial charge in [-0.3, -0.25) is 4.79 Å². The molecule has 0 bridgehead atoms. The number of benzene rings is 2. The first kappa shape index (κ1) is 27.4. The molecule has 0 saturated heterocycles. The minimum atomic E-state index is -0.944. The quantitative estimate of drug-likeness (QED) is 0.298. The molecule has 0 amide bonds. The standard InChI is InChI=1S/C28H40N2O4/c1-9-27(3,34-26(32)22-13-17-24(18-14-22)30(7)8)19-20-33-28(4,10-2)25(31)21-11-15-23(16-12-21)29(5)6/h11-18H,9-10,19-20H2,1-8H3. The van der Waals surface area contributed by atoms with Crippen LogP contribution in [0.15, 0.2) is 48.5 Å². The van der Waals surface area contributed by atoms with Gasteiger partial charge in [-0.15, -0.1) is 0 Å². The molecule has 0 aliphatic rings. The fraction of sp³-hybridized carbons (Fsp3) is 0.500. The largest absolute Gasteiger partial charge is 0.456 e. The lowest BCUT2D eigenvalue weighted by Gasteiger charge is -2.32. The van der Waals surface area contributed by atoms with Crippen LogP contribution in [0, 0.1) is 0 Å². The van der Waals surface area contributed by atoms with Gasteiger partial charge in [-0.05, 0) is 75.2 Å². The van der Waals surface area contributed by atoms with E-state index < -0.39 is 11.2 Å². The van der Waals surface area contributed by atoms with Crippen LogP contribution in [0.4, 0.5) is 11.4 Å². The van der Waals surface area contributed by atoms with E-state index in [1.54, 1.807) is 12.1 Å². The van der Waals surface area contributed by atoms with E-state index in [0.29, 0.717) is 37.0 Å². The number of esters is 1. The molecule has 0 saturated carbocycles. The van der Waals surface area contributed by atoms with E-state index in [-0.39, 0.29) is 11.8 Å². The smallest absolute Gasteiger partial charge is 0.338 e. The summed E-state index contributed by atoms with van der Waals surface area (Å²) in [5.41, 5.74) is 1.56. The molecule has 0 aliphatic heterocycles. The molecule has 6 heteroatoms. The SMILES string of the molecule is CCC(C)(CCOC(C)(CC)C(=O)c1ccc(N(C)C)cc1)OC(=O)c1ccc(N(C)C)cc1. The molecule has 2 rings (SSSR count). The van der Waals surface area contributed by atoms with E-state index in [2.05, 4.69) is 0 Å². The second kappa shape index (κ2) is 11.5. The van der Waals surface area contributed by atoms with Gasteiger partial charge in [-0.25, -0.2) is 4.79 Å². The first-order chi connectivity index (χ1) is 15.9. The molecule has 2 unspecified atom stereocenters. The van der Waals surface area contributed by atoms with Crippen molar-refractivity contribution in [1.82, 2.24) is 0 Å². The van der Waals surface area contributed by atoms with Crippen LogP contribution in [0.2, 0.25) is 0 Å². The number of hydrogen-bond acceptors (Lipinski definition) is 6. The molecule has 0 aliphatic carbocycles. The van der Waals surface area contributed by atoms with Gasteiger partial charge in [0.05, 0.1) is 12.2 Å². The topological polar surface area (TPSA) is 59.1 Å². The number of carbonyl (C=O) groups excluding carboxylic acids is 2. The van der Waals surface area contributed by atoms with Crippen molar-refractivity contribution in [1.29, 1.82) is 0 Å². The van der Waals surface area contributed by atoms with Crippen molar-refractivity contribution in [2.24, 2.45) is 0 Å². The van der Waals surface area contributed by atoms with Crippen LogP contribution < -0.4 is 9.80 Å². The molecule has 0 N–H and O–H groups in total. The van der Waals surface area contributed by atoms with Crippen molar-refractivity contribution in [3.05, 3.63) is 59.7 Å². The Kier molecular flexibility index (Phi) is 9.28. The van der Waals surface area contributed by atoms with Gasteiger partial charge in [0.25, 0.3) is 0 Å². The lowest BCUT2D eigenvalue weighted by molar-refractivity contribution is -0.0574. The second-order valence-electron chi connectivity index (χ2n) is 9.59. The van der Waals surface area contributed by atoms with Crippen LogP contribution >= 0.6 is 0 Å². The highest BCUT2D eigenvalue weighted by atomic mass is 16.6. The number of anilines is 2. The summed E-state index contributed by atoms with van der Waals surface area (Å²) in [6, 6.07) is 14.9. The Balaban J connectivity index is 2.02. The van der Waals surface area contributed by atoms with Gasteiger partial charge >= 0.3 is 5.97 Å². The first-order valence-corrected chi connectivity index (χ1v) is 11.9. The molecular formula is C28H40N2O4. The molecule has 0 aromatic heterocycles. The molecule has 0 heterocycles. The molecule has 0 radical (unpaired) electrons. The highest BCUT2D eigenvalue weighted by Crippen LogP contribution is 2.27. The van der Waals surface area contributed by atoms with E-state index in [0.717, 1.165) is 11.4 Å². The molecule has 6 nitrogen and oxygen atoms in total. The minimum Gasteiger partial charge on any atom is -0.456 e. The fourth-order valence-corrected chi connectivity index (χ4v) is 3.51. The fourth-order valence-electron chi connectivity index (χ4n) is 3.51. The molecule has 2 aromatic rings. The van der Waals surface area contributed by atoms with E-state index in [4.69, 9.17) is 9.47 Å². The molecule has 2 aromatic carbocycles. The zero-order chi connectivity index (χ0) is 25.5.